The van der Waals surface area contributed by atoms with Gasteiger partial charge in [0.15, 0.2) is 0 Å². The predicted molar refractivity (Wildman–Crippen MR) is 34.7 cm³/mol. The van der Waals surface area contributed by atoms with E-state index < -0.39 is 10.4 Å². The van der Waals surface area contributed by atoms with E-state index in [9.17, 15) is 0 Å². The van der Waals surface area contributed by atoms with Gasteiger partial charge in [0.25, 0.3) is 0 Å². The number of allylic oxidation sites excluding steroid dienone is 1. The quantitative estimate of drug-likeness (QED) is 0.373. The first-order chi connectivity index (χ1) is 3.91. The third kappa shape index (κ3) is 217. The molecule has 0 aliphatic rings. The van der Waals surface area contributed by atoms with Gasteiger partial charge in [-0.05, 0) is 0 Å². The molecule has 50 valence electrons. The van der Waals surface area contributed by atoms with Gasteiger partial charge in [0, 0.05) is 0 Å². The van der Waals surface area contributed by atoms with Crippen LogP contribution in [0.3, 0.4) is 0 Å². The van der Waals surface area contributed by atoms with Gasteiger partial charge in [-0.25, -0.2) is 0 Å². The van der Waals surface area contributed by atoms with Crippen LogP contribution in [-0.4, -0.2) is 35.2 Å². The third-order valence-corrected chi connectivity index (χ3v) is 0.333. The van der Waals surface area contributed by atoms with E-state index in [1.807, 2.05) is 35.5 Å². The zero-order valence-corrected chi connectivity index (χ0v) is 6.09. The molecule has 0 aromatic carbocycles. The summed E-state index contributed by atoms with van der Waals surface area (Å²) in [5.41, 5.74) is 0. The molecule has 0 saturated carbocycles. The van der Waals surface area contributed by atoms with Crippen LogP contribution >= 0.6 is 0 Å². The molecule has 0 rings (SSSR count). The molecule has 0 aromatic rings. The Bertz CT molecular complexity index is 147. The molecule has 0 unspecified atom stereocenters. The summed E-state index contributed by atoms with van der Waals surface area (Å²) in [5, 5.41) is 0. The van der Waals surface area contributed by atoms with Crippen molar-refractivity contribution in [2.45, 2.75) is 6.92 Å². The van der Waals surface area contributed by atoms with Crippen molar-refractivity contribution in [1.29, 1.82) is 0 Å². The Hall–Kier alpha value is 0.207. The van der Waals surface area contributed by atoms with Crippen molar-refractivity contribution in [3.63, 3.8) is 0 Å². The fraction of sp³-hybridized carbons (Fsp3) is 0.333. The van der Waals surface area contributed by atoms with Gasteiger partial charge in [0.2, 0.25) is 0 Å². The molecule has 0 atom stereocenters. The Morgan fingerprint density at radius 2 is 1.56 bits per heavy atom. The Morgan fingerprint density at radius 3 is 1.56 bits per heavy atom. The van der Waals surface area contributed by atoms with Crippen LogP contribution in [0.5, 0.6) is 0 Å². The molecule has 9 heavy (non-hydrogen) atoms. The fourth-order valence-electron chi connectivity index (χ4n) is 0. The Labute approximate surface area is 63.7 Å². The minimum absolute atomic E-state index is 2.00. The molecule has 6 heteroatoms. The van der Waals surface area contributed by atoms with E-state index in [0.29, 0.717) is 0 Å². The molecule has 0 heterocycles. The van der Waals surface area contributed by atoms with Gasteiger partial charge < -0.3 is 0 Å². The van der Waals surface area contributed by atoms with Gasteiger partial charge in [-0.2, -0.15) is 8.42 Å². The standard InChI is InChI=1S/C3H5.Li.H2O4S/c1-3-2;;1-5(2,3)4/h1,3H,2H3;;(H2,1,2,3,4). The van der Waals surface area contributed by atoms with Gasteiger partial charge in [-0.3, -0.25) is 9.11 Å². The van der Waals surface area contributed by atoms with Crippen LogP contribution in [0.2, 0.25) is 0 Å². The summed E-state index contributed by atoms with van der Waals surface area (Å²) in [5.74, 6) is 0. The molecule has 2 N–H and O–H groups in total. The van der Waals surface area contributed by atoms with Gasteiger partial charge >= 0.3 is 45.9 Å². The summed E-state index contributed by atoms with van der Waals surface area (Å²) in [7, 11) is -4.67. The molecule has 0 spiro atoms. The SMILES string of the molecule is O=S(=O)(O)O.[Li][CH]=CC. The van der Waals surface area contributed by atoms with Crippen molar-refractivity contribution in [3.8, 4) is 0 Å². The fourth-order valence-corrected chi connectivity index (χ4v) is 0. The molecule has 0 radical (unpaired) electrons. The maximum atomic E-state index is 8.74. The number of rotatable bonds is 0. The summed E-state index contributed by atoms with van der Waals surface area (Å²) in [6.45, 7) is 2.00. The van der Waals surface area contributed by atoms with Crippen LogP contribution in [-0.2, 0) is 10.4 Å². The molecular formula is C3H7LiO4S. The summed E-state index contributed by atoms with van der Waals surface area (Å²) in [4.78, 5) is 0. The summed E-state index contributed by atoms with van der Waals surface area (Å²) < 4.78 is 33.6. The third-order valence-electron chi connectivity index (χ3n) is 0.333. The zero-order chi connectivity index (χ0) is 7.91. The Morgan fingerprint density at radius 1 is 1.44 bits per heavy atom. The first-order valence-corrected chi connectivity index (χ1v) is 3.58. The van der Waals surface area contributed by atoms with E-state index in [1.54, 1.807) is 0 Å². The average molecular weight is 146 g/mol. The Kier molecular flexibility index (Phi) is 8.40. The number of hydrogen-bond donors (Lipinski definition) is 2. The first kappa shape index (κ1) is 11.9. The van der Waals surface area contributed by atoms with Crippen LogP contribution in [0.4, 0.5) is 0 Å². The van der Waals surface area contributed by atoms with E-state index in [0.717, 1.165) is 0 Å². The molecule has 0 amide bonds. The van der Waals surface area contributed by atoms with E-state index in [1.165, 1.54) is 0 Å². The van der Waals surface area contributed by atoms with Gasteiger partial charge in [0.05, 0.1) is 0 Å². The average Bonchev–Trinajstić information content (AvgIpc) is 1.61. The van der Waals surface area contributed by atoms with Crippen molar-refractivity contribution < 1.29 is 17.5 Å². The second-order valence-corrected chi connectivity index (χ2v) is 2.01. The topological polar surface area (TPSA) is 74.6 Å². The molecular weight excluding hydrogens is 139 g/mol. The van der Waals surface area contributed by atoms with Crippen molar-refractivity contribution in [2.75, 3.05) is 0 Å². The summed E-state index contributed by atoms with van der Waals surface area (Å²) in [6.07, 6.45) is 2.00. The first-order valence-electron chi connectivity index (χ1n) is 2.19. The van der Waals surface area contributed by atoms with E-state index in [-0.39, 0.29) is 0 Å². The summed E-state index contributed by atoms with van der Waals surface area (Å²) in [6, 6.07) is 0. The molecule has 0 saturated heterocycles. The van der Waals surface area contributed by atoms with Crippen molar-refractivity contribution >= 4 is 28.1 Å². The minimum atomic E-state index is -4.67. The molecule has 0 aromatic heterocycles. The number of hydrogen-bond acceptors (Lipinski definition) is 2. The zero-order valence-electron chi connectivity index (χ0n) is 5.27. The second-order valence-electron chi connectivity index (χ2n) is 1.11. The molecule has 0 fully saturated rings. The van der Waals surface area contributed by atoms with Crippen LogP contribution in [0, 0.1) is 0 Å². The van der Waals surface area contributed by atoms with Crippen molar-refractivity contribution in [2.24, 2.45) is 0 Å². The van der Waals surface area contributed by atoms with E-state index in [4.69, 9.17) is 17.5 Å². The molecule has 4 nitrogen and oxygen atoms in total. The monoisotopic (exact) mass is 146 g/mol. The Balaban J connectivity index is 0. The van der Waals surface area contributed by atoms with Crippen LogP contribution < -0.4 is 0 Å². The maximum absolute atomic E-state index is 8.74. The van der Waals surface area contributed by atoms with Gasteiger partial charge in [-0.15, -0.1) is 0 Å². The molecule has 0 aliphatic heterocycles. The second kappa shape index (κ2) is 6.33. The normalized spacial score (nSPS) is 10.8. The molecule has 0 bridgehead atoms. The van der Waals surface area contributed by atoms with Crippen LogP contribution in [0.1, 0.15) is 6.92 Å². The van der Waals surface area contributed by atoms with Crippen molar-refractivity contribution in [3.05, 3.63) is 10.8 Å². The van der Waals surface area contributed by atoms with E-state index in [2.05, 4.69) is 0 Å². The van der Waals surface area contributed by atoms with E-state index >= 15 is 0 Å². The molecule has 0 aliphatic carbocycles. The summed E-state index contributed by atoms with van der Waals surface area (Å²) >= 11 is 2.00. The van der Waals surface area contributed by atoms with Crippen molar-refractivity contribution in [1.82, 2.24) is 0 Å². The van der Waals surface area contributed by atoms with Crippen LogP contribution in [0.15, 0.2) is 10.8 Å². The van der Waals surface area contributed by atoms with Crippen LogP contribution in [0.25, 0.3) is 0 Å². The van der Waals surface area contributed by atoms with Gasteiger partial charge in [-0.1, -0.05) is 0 Å². The van der Waals surface area contributed by atoms with Gasteiger partial charge in [0.1, 0.15) is 0 Å². The predicted octanol–water partition coefficient (Wildman–Crippen LogP) is 0.0357.